The maximum atomic E-state index is 12.5. The van der Waals surface area contributed by atoms with Gasteiger partial charge in [-0.25, -0.2) is 9.78 Å². The van der Waals surface area contributed by atoms with Crippen molar-refractivity contribution in [3.8, 4) is 11.3 Å². The Labute approximate surface area is 153 Å². The zero-order chi connectivity index (χ0) is 18.5. The van der Waals surface area contributed by atoms with Gasteiger partial charge in [-0.1, -0.05) is 24.3 Å². The zero-order valence-corrected chi connectivity index (χ0v) is 15.4. The Morgan fingerprint density at radius 3 is 2.85 bits per heavy atom. The molecule has 26 heavy (non-hydrogen) atoms. The van der Waals surface area contributed by atoms with Crippen LogP contribution in [0.2, 0.25) is 0 Å². The average molecular weight is 355 g/mol. The third kappa shape index (κ3) is 2.88. The number of benzene rings is 1. The number of hydrogen-bond donors (Lipinski definition) is 1. The van der Waals surface area contributed by atoms with Crippen molar-refractivity contribution in [2.75, 3.05) is 13.1 Å². The van der Waals surface area contributed by atoms with Crippen LogP contribution in [0, 0.1) is 5.92 Å². The quantitative estimate of drug-likeness (QED) is 0.854. The van der Waals surface area contributed by atoms with Crippen LogP contribution in [0.25, 0.3) is 11.3 Å². The van der Waals surface area contributed by atoms with E-state index in [0.717, 1.165) is 11.3 Å². The molecule has 3 heterocycles. The first kappa shape index (κ1) is 17.1. The summed E-state index contributed by atoms with van der Waals surface area (Å²) in [5.74, 6) is -0.104. The Balaban J connectivity index is 1.64. The summed E-state index contributed by atoms with van der Waals surface area (Å²) < 4.78 is 7.66. The SMILES string of the molecule is CC(C)(C)OC(=O)N1CCC(O)C([C@H]2c3ccccc3-c3cncn32)C1. The van der Waals surface area contributed by atoms with Crippen molar-refractivity contribution < 1.29 is 14.6 Å². The van der Waals surface area contributed by atoms with Gasteiger partial charge in [-0.3, -0.25) is 0 Å². The molecule has 0 aliphatic carbocycles. The van der Waals surface area contributed by atoms with Crippen molar-refractivity contribution >= 4 is 6.09 Å². The predicted octanol–water partition coefficient (Wildman–Crippen LogP) is 3.07. The molecule has 1 amide bonds. The minimum atomic E-state index is -0.528. The van der Waals surface area contributed by atoms with Crippen LogP contribution in [0.3, 0.4) is 0 Å². The Bertz CT molecular complexity index is 824. The Morgan fingerprint density at radius 1 is 1.31 bits per heavy atom. The highest BCUT2D eigenvalue weighted by molar-refractivity contribution is 5.70. The van der Waals surface area contributed by atoms with Gasteiger partial charge in [-0.2, -0.15) is 0 Å². The number of aliphatic hydroxyl groups excluding tert-OH is 1. The van der Waals surface area contributed by atoms with Crippen molar-refractivity contribution in [2.24, 2.45) is 5.92 Å². The van der Waals surface area contributed by atoms with E-state index in [1.54, 1.807) is 4.90 Å². The monoisotopic (exact) mass is 355 g/mol. The lowest BCUT2D eigenvalue weighted by Crippen LogP contribution is -2.49. The summed E-state index contributed by atoms with van der Waals surface area (Å²) in [4.78, 5) is 18.5. The number of rotatable bonds is 1. The summed E-state index contributed by atoms with van der Waals surface area (Å²) in [5, 5.41) is 10.7. The van der Waals surface area contributed by atoms with E-state index in [4.69, 9.17) is 4.74 Å². The van der Waals surface area contributed by atoms with E-state index >= 15 is 0 Å². The van der Waals surface area contributed by atoms with Gasteiger partial charge in [0, 0.05) is 24.6 Å². The van der Waals surface area contributed by atoms with E-state index in [9.17, 15) is 9.90 Å². The summed E-state index contributed by atoms with van der Waals surface area (Å²) in [5.41, 5.74) is 2.86. The van der Waals surface area contributed by atoms with Crippen LogP contribution in [0.1, 0.15) is 38.8 Å². The number of imidazole rings is 1. The first-order chi connectivity index (χ1) is 12.3. The van der Waals surface area contributed by atoms with Gasteiger partial charge in [0.2, 0.25) is 0 Å². The number of hydrogen-bond acceptors (Lipinski definition) is 4. The number of aromatic nitrogens is 2. The second-order valence-corrected chi connectivity index (χ2v) is 8.16. The van der Waals surface area contributed by atoms with Crippen LogP contribution in [-0.2, 0) is 4.74 Å². The van der Waals surface area contributed by atoms with Crippen LogP contribution >= 0.6 is 0 Å². The number of fused-ring (bicyclic) bond motifs is 3. The largest absolute Gasteiger partial charge is 0.444 e. The molecule has 1 N–H and O–H groups in total. The Hall–Kier alpha value is -2.34. The summed E-state index contributed by atoms with van der Waals surface area (Å²) >= 11 is 0. The molecule has 2 aliphatic heterocycles. The Morgan fingerprint density at radius 2 is 2.08 bits per heavy atom. The smallest absolute Gasteiger partial charge is 0.410 e. The molecule has 1 aromatic heterocycles. The van der Waals surface area contributed by atoms with Gasteiger partial charge in [0.15, 0.2) is 0 Å². The molecule has 3 atom stereocenters. The molecule has 0 radical (unpaired) electrons. The molecule has 1 saturated heterocycles. The zero-order valence-electron chi connectivity index (χ0n) is 15.4. The van der Waals surface area contributed by atoms with Gasteiger partial charge in [0.05, 0.1) is 30.4 Å². The van der Waals surface area contributed by atoms with E-state index in [1.165, 1.54) is 5.56 Å². The number of ether oxygens (including phenoxy) is 1. The molecule has 0 bridgehead atoms. The summed E-state index contributed by atoms with van der Waals surface area (Å²) in [7, 11) is 0. The topological polar surface area (TPSA) is 67.6 Å². The summed E-state index contributed by atoms with van der Waals surface area (Å²) in [6.07, 6.45) is 3.44. The molecule has 2 aromatic rings. The maximum Gasteiger partial charge on any atom is 0.410 e. The molecule has 1 aromatic carbocycles. The number of likely N-dealkylation sites (tertiary alicyclic amines) is 1. The number of amides is 1. The molecule has 1 fully saturated rings. The number of aliphatic hydroxyl groups is 1. The minimum absolute atomic E-state index is 0.0241. The molecule has 2 aliphatic rings. The van der Waals surface area contributed by atoms with Gasteiger partial charge in [-0.05, 0) is 32.8 Å². The van der Waals surface area contributed by atoms with E-state index in [0.29, 0.717) is 19.5 Å². The average Bonchev–Trinajstić information content (AvgIpc) is 3.14. The first-order valence-electron chi connectivity index (χ1n) is 9.12. The molecule has 0 spiro atoms. The van der Waals surface area contributed by atoms with Crippen LogP contribution < -0.4 is 0 Å². The normalized spacial score (nSPS) is 24.9. The van der Waals surface area contributed by atoms with Gasteiger partial charge >= 0.3 is 6.09 Å². The number of piperidine rings is 1. The third-order valence-corrected chi connectivity index (χ3v) is 5.20. The highest BCUT2D eigenvalue weighted by atomic mass is 16.6. The van der Waals surface area contributed by atoms with E-state index < -0.39 is 11.7 Å². The molecule has 2 unspecified atom stereocenters. The van der Waals surface area contributed by atoms with Crippen molar-refractivity contribution in [3.05, 3.63) is 42.4 Å². The molecular weight excluding hydrogens is 330 g/mol. The van der Waals surface area contributed by atoms with E-state index in [-0.39, 0.29) is 18.1 Å². The molecular formula is C20H25N3O3. The fourth-order valence-corrected chi connectivity index (χ4v) is 4.08. The minimum Gasteiger partial charge on any atom is -0.444 e. The molecule has 0 saturated carbocycles. The van der Waals surface area contributed by atoms with Crippen LogP contribution in [0.15, 0.2) is 36.8 Å². The predicted molar refractivity (Wildman–Crippen MR) is 97.7 cm³/mol. The lowest BCUT2D eigenvalue weighted by Gasteiger charge is -2.40. The van der Waals surface area contributed by atoms with Crippen molar-refractivity contribution in [2.45, 2.75) is 44.9 Å². The van der Waals surface area contributed by atoms with E-state index in [2.05, 4.69) is 21.7 Å². The van der Waals surface area contributed by atoms with Crippen molar-refractivity contribution in [1.29, 1.82) is 0 Å². The van der Waals surface area contributed by atoms with Crippen LogP contribution in [-0.4, -0.2) is 50.4 Å². The summed E-state index contributed by atoms with van der Waals surface area (Å²) in [6.45, 7) is 6.58. The number of carbonyl (C=O) groups is 1. The second-order valence-electron chi connectivity index (χ2n) is 8.16. The highest BCUT2D eigenvalue weighted by Gasteiger charge is 2.42. The van der Waals surface area contributed by atoms with Crippen LogP contribution in [0.5, 0.6) is 0 Å². The standard InChI is InChI=1S/C20H25N3O3/c1-20(2,3)26-19(25)22-9-8-17(24)15(11-22)18-14-7-5-4-6-13(14)16-10-21-12-23(16)18/h4-7,10,12,15,17-18,24H,8-9,11H2,1-3H3/t15?,17?,18-/m1/s1. The fourth-order valence-electron chi connectivity index (χ4n) is 4.08. The first-order valence-corrected chi connectivity index (χ1v) is 9.12. The van der Waals surface area contributed by atoms with Gasteiger partial charge in [0.25, 0.3) is 0 Å². The number of carbonyl (C=O) groups excluding carboxylic acids is 1. The molecule has 6 nitrogen and oxygen atoms in total. The fraction of sp³-hybridized carbons (Fsp3) is 0.500. The van der Waals surface area contributed by atoms with Gasteiger partial charge < -0.3 is 19.3 Å². The van der Waals surface area contributed by atoms with Crippen molar-refractivity contribution in [3.63, 3.8) is 0 Å². The lowest BCUT2D eigenvalue weighted by molar-refractivity contribution is -0.0158. The van der Waals surface area contributed by atoms with Crippen molar-refractivity contribution in [1.82, 2.24) is 14.5 Å². The molecule has 4 rings (SSSR count). The molecule has 138 valence electrons. The Kier molecular flexibility index (Phi) is 4.03. The molecule has 6 heteroatoms. The number of nitrogens with zero attached hydrogens (tertiary/aromatic N) is 3. The highest BCUT2D eigenvalue weighted by Crippen LogP contribution is 2.45. The van der Waals surface area contributed by atoms with Gasteiger partial charge in [-0.15, -0.1) is 0 Å². The van der Waals surface area contributed by atoms with Gasteiger partial charge in [0.1, 0.15) is 5.60 Å². The third-order valence-electron chi connectivity index (χ3n) is 5.20. The van der Waals surface area contributed by atoms with Crippen LogP contribution in [0.4, 0.5) is 4.79 Å². The lowest BCUT2D eigenvalue weighted by atomic mass is 9.84. The summed E-state index contributed by atoms with van der Waals surface area (Å²) in [6, 6.07) is 8.20. The maximum absolute atomic E-state index is 12.5. The van der Waals surface area contributed by atoms with E-state index in [1.807, 2.05) is 45.4 Å². The second kappa shape index (κ2) is 6.13.